The summed E-state index contributed by atoms with van der Waals surface area (Å²) in [6.45, 7) is 3.57. The third kappa shape index (κ3) is 3.15. The number of amides is 1. The van der Waals surface area contributed by atoms with Gasteiger partial charge in [-0.05, 0) is 36.8 Å². The highest BCUT2D eigenvalue weighted by Gasteiger charge is 2.20. The van der Waals surface area contributed by atoms with Crippen molar-refractivity contribution in [2.24, 2.45) is 0 Å². The lowest BCUT2D eigenvalue weighted by atomic mass is 10.1. The van der Waals surface area contributed by atoms with Crippen molar-refractivity contribution in [1.29, 1.82) is 0 Å². The Kier molecular flexibility index (Phi) is 4.33. The van der Waals surface area contributed by atoms with Crippen LogP contribution in [0.1, 0.15) is 18.5 Å². The number of carbonyl (C=O) groups excluding carboxylic acids is 1. The molecule has 0 bridgehead atoms. The highest BCUT2D eigenvalue weighted by Crippen LogP contribution is 2.19. The molecule has 2 aromatic carbocycles. The molecule has 6 nitrogen and oxygen atoms in total. The smallest absolute Gasteiger partial charge is 0.250 e. The van der Waals surface area contributed by atoms with E-state index in [9.17, 15) is 9.18 Å². The van der Waals surface area contributed by atoms with E-state index in [2.05, 4.69) is 20.7 Å². The van der Waals surface area contributed by atoms with Gasteiger partial charge in [-0.3, -0.25) is 4.79 Å². The number of anilines is 1. The summed E-state index contributed by atoms with van der Waals surface area (Å²) >= 11 is 0. The molecule has 0 unspecified atom stereocenters. The van der Waals surface area contributed by atoms with Crippen molar-refractivity contribution >= 4 is 11.6 Å². The molecule has 1 atom stereocenters. The van der Waals surface area contributed by atoms with Crippen LogP contribution in [0.5, 0.6) is 0 Å². The predicted molar refractivity (Wildman–Crippen MR) is 87.7 cm³/mol. The van der Waals surface area contributed by atoms with Crippen LogP contribution in [0.3, 0.4) is 0 Å². The second-order valence-electron chi connectivity index (χ2n) is 5.39. The van der Waals surface area contributed by atoms with Crippen LogP contribution < -0.4 is 5.32 Å². The Morgan fingerprint density at radius 3 is 2.62 bits per heavy atom. The van der Waals surface area contributed by atoms with E-state index in [4.69, 9.17) is 0 Å². The van der Waals surface area contributed by atoms with Crippen molar-refractivity contribution in [3.05, 3.63) is 59.9 Å². The minimum Gasteiger partial charge on any atom is -0.322 e. The molecule has 0 saturated carbocycles. The predicted octanol–water partition coefficient (Wildman–Crippen LogP) is 2.99. The number of aromatic nitrogens is 4. The summed E-state index contributed by atoms with van der Waals surface area (Å²) in [4.78, 5) is 13.5. The number of rotatable bonds is 4. The summed E-state index contributed by atoms with van der Waals surface area (Å²) in [5.41, 5.74) is 1.99. The largest absolute Gasteiger partial charge is 0.322 e. The molecule has 0 radical (unpaired) electrons. The van der Waals surface area contributed by atoms with Crippen molar-refractivity contribution in [3.8, 4) is 11.4 Å². The number of tetrazole rings is 1. The molecule has 0 aliphatic rings. The summed E-state index contributed by atoms with van der Waals surface area (Å²) in [7, 11) is 0. The fourth-order valence-corrected chi connectivity index (χ4v) is 2.23. The topological polar surface area (TPSA) is 72.7 Å². The van der Waals surface area contributed by atoms with Crippen LogP contribution in [-0.2, 0) is 4.79 Å². The van der Waals surface area contributed by atoms with Gasteiger partial charge in [0, 0.05) is 5.56 Å². The van der Waals surface area contributed by atoms with E-state index in [0.29, 0.717) is 5.82 Å². The minimum atomic E-state index is -0.727. The zero-order chi connectivity index (χ0) is 17.1. The molecule has 0 aliphatic heterocycles. The Morgan fingerprint density at radius 2 is 1.88 bits per heavy atom. The van der Waals surface area contributed by atoms with E-state index in [-0.39, 0.29) is 5.69 Å². The van der Waals surface area contributed by atoms with Gasteiger partial charge in [-0.15, -0.1) is 10.2 Å². The van der Waals surface area contributed by atoms with E-state index < -0.39 is 17.8 Å². The van der Waals surface area contributed by atoms with Crippen molar-refractivity contribution < 1.29 is 9.18 Å². The molecule has 3 rings (SSSR count). The van der Waals surface area contributed by atoms with Crippen LogP contribution in [0, 0.1) is 12.7 Å². The molecular formula is C17H16FN5O. The molecule has 0 aliphatic carbocycles. The number of hydrogen-bond donors (Lipinski definition) is 1. The number of benzene rings is 2. The number of nitrogens with one attached hydrogen (secondary N) is 1. The van der Waals surface area contributed by atoms with E-state index in [1.165, 1.54) is 16.9 Å². The lowest BCUT2D eigenvalue weighted by Crippen LogP contribution is -2.25. The van der Waals surface area contributed by atoms with Gasteiger partial charge >= 0.3 is 0 Å². The summed E-state index contributed by atoms with van der Waals surface area (Å²) in [6.07, 6.45) is 0. The zero-order valence-corrected chi connectivity index (χ0v) is 13.3. The standard InChI is InChI=1S/C17H16FN5O/c1-11-7-3-4-8-13(11)16-20-22-23(21-16)12(2)17(24)19-15-10-6-5-9-14(15)18/h3-10,12H,1-2H3,(H,19,24)/t12-/m1/s1. The summed E-state index contributed by atoms with van der Waals surface area (Å²) in [6, 6.07) is 12.9. The molecule has 1 heterocycles. The second-order valence-corrected chi connectivity index (χ2v) is 5.39. The van der Waals surface area contributed by atoms with Gasteiger partial charge in [-0.25, -0.2) is 4.39 Å². The average molecular weight is 325 g/mol. The number of para-hydroxylation sites is 1. The van der Waals surface area contributed by atoms with Crippen LogP contribution in [-0.4, -0.2) is 26.1 Å². The van der Waals surface area contributed by atoms with Gasteiger partial charge < -0.3 is 5.32 Å². The number of nitrogens with zero attached hydrogens (tertiary/aromatic N) is 4. The van der Waals surface area contributed by atoms with Crippen molar-refractivity contribution in [1.82, 2.24) is 20.2 Å². The fourth-order valence-electron chi connectivity index (χ4n) is 2.23. The molecule has 24 heavy (non-hydrogen) atoms. The first-order valence-electron chi connectivity index (χ1n) is 7.47. The number of halogens is 1. The lowest BCUT2D eigenvalue weighted by Gasteiger charge is -2.11. The van der Waals surface area contributed by atoms with E-state index >= 15 is 0 Å². The molecule has 122 valence electrons. The SMILES string of the molecule is Cc1ccccc1-c1nnn([C@H](C)C(=O)Nc2ccccc2F)n1. The van der Waals surface area contributed by atoms with Crippen molar-refractivity contribution in [3.63, 3.8) is 0 Å². The molecule has 0 saturated heterocycles. The summed E-state index contributed by atoms with van der Waals surface area (Å²) in [5.74, 6) is -0.474. The van der Waals surface area contributed by atoms with Crippen LogP contribution in [0.4, 0.5) is 10.1 Å². The van der Waals surface area contributed by atoms with Gasteiger partial charge in [0.25, 0.3) is 5.91 Å². The maximum atomic E-state index is 13.6. The third-order valence-corrected chi connectivity index (χ3v) is 3.67. The van der Waals surface area contributed by atoms with Gasteiger partial charge in [0.05, 0.1) is 5.69 Å². The van der Waals surface area contributed by atoms with Crippen LogP contribution >= 0.6 is 0 Å². The quantitative estimate of drug-likeness (QED) is 0.800. The number of aryl methyl sites for hydroxylation is 1. The number of carbonyl (C=O) groups is 1. The normalized spacial score (nSPS) is 12.0. The Morgan fingerprint density at radius 1 is 1.17 bits per heavy atom. The maximum absolute atomic E-state index is 13.6. The van der Waals surface area contributed by atoms with Gasteiger partial charge in [0.15, 0.2) is 0 Å². The summed E-state index contributed by atoms with van der Waals surface area (Å²) in [5, 5.41) is 14.7. The highest BCUT2D eigenvalue weighted by molar-refractivity contribution is 5.93. The third-order valence-electron chi connectivity index (χ3n) is 3.67. The Labute approximate surface area is 138 Å². The Bertz CT molecular complexity index is 877. The monoisotopic (exact) mass is 325 g/mol. The first-order valence-corrected chi connectivity index (χ1v) is 7.47. The summed E-state index contributed by atoms with van der Waals surface area (Å²) < 4.78 is 13.6. The first kappa shape index (κ1) is 15.8. The van der Waals surface area contributed by atoms with E-state index in [1.807, 2.05) is 31.2 Å². The Balaban J connectivity index is 1.79. The average Bonchev–Trinajstić information content (AvgIpc) is 3.06. The Hall–Kier alpha value is -3.09. The lowest BCUT2D eigenvalue weighted by molar-refractivity contribution is -0.119. The zero-order valence-electron chi connectivity index (χ0n) is 13.3. The highest BCUT2D eigenvalue weighted by atomic mass is 19.1. The molecule has 7 heteroatoms. The van der Waals surface area contributed by atoms with Gasteiger partial charge in [0.2, 0.25) is 5.82 Å². The van der Waals surface area contributed by atoms with Crippen LogP contribution in [0.25, 0.3) is 11.4 Å². The molecular weight excluding hydrogens is 309 g/mol. The van der Waals surface area contributed by atoms with Crippen LogP contribution in [0.15, 0.2) is 48.5 Å². The molecule has 0 spiro atoms. The molecule has 1 amide bonds. The van der Waals surface area contributed by atoms with Crippen molar-refractivity contribution in [2.45, 2.75) is 19.9 Å². The second kappa shape index (κ2) is 6.57. The fraction of sp³-hybridized carbons (Fsp3) is 0.176. The molecule has 3 aromatic rings. The minimum absolute atomic E-state index is 0.119. The molecule has 1 aromatic heterocycles. The number of hydrogen-bond acceptors (Lipinski definition) is 4. The van der Waals surface area contributed by atoms with E-state index in [1.54, 1.807) is 19.1 Å². The first-order chi connectivity index (χ1) is 11.6. The van der Waals surface area contributed by atoms with Gasteiger partial charge in [0.1, 0.15) is 11.9 Å². The molecule has 0 fully saturated rings. The van der Waals surface area contributed by atoms with Gasteiger partial charge in [-0.1, -0.05) is 36.4 Å². The molecule has 1 N–H and O–H groups in total. The van der Waals surface area contributed by atoms with Gasteiger partial charge in [-0.2, -0.15) is 4.80 Å². The van der Waals surface area contributed by atoms with Crippen LogP contribution in [0.2, 0.25) is 0 Å². The van der Waals surface area contributed by atoms with E-state index in [0.717, 1.165) is 11.1 Å². The maximum Gasteiger partial charge on any atom is 0.250 e. The van der Waals surface area contributed by atoms with Crippen molar-refractivity contribution in [2.75, 3.05) is 5.32 Å².